The van der Waals surface area contributed by atoms with Crippen LogP contribution in [0.5, 0.6) is 5.75 Å². The number of phenols is 1. The lowest BCUT2D eigenvalue weighted by molar-refractivity contribution is 0.102. The normalized spacial score (nSPS) is 11.4. The summed E-state index contributed by atoms with van der Waals surface area (Å²) in [6, 6.07) is 11.7. The van der Waals surface area contributed by atoms with Gasteiger partial charge in [-0.05, 0) is 50.2 Å². The third-order valence-corrected chi connectivity index (χ3v) is 4.64. The van der Waals surface area contributed by atoms with Crippen molar-refractivity contribution < 1.29 is 18.3 Å². The first kappa shape index (κ1) is 17.0. The van der Waals surface area contributed by atoms with Gasteiger partial charge in [0, 0.05) is 11.6 Å². The van der Waals surface area contributed by atoms with Crippen LogP contribution >= 0.6 is 0 Å². The SMILES string of the molecule is CC(C)NS(=O)(=O)c1ccc(C(=O)Nc2ccccc2O)cc1. The molecule has 0 fully saturated rings. The summed E-state index contributed by atoms with van der Waals surface area (Å²) in [5.41, 5.74) is 0.576. The molecule has 0 spiro atoms. The zero-order valence-corrected chi connectivity index (χ0v) is 13.6. The minimum absolute atomic E-state index is 0.0406. The Bertz CT molecular complexity index is 799. The summed E-state index contributed by atoms with van der Waals surface area (Å²) in [4.78, 5) is 12.2. The summed E-state index contributed by atoms with van der Waals surface area (Å²) >= 11 is 0. The topological polar surface area (TPSA) is 95.5 Å². The predicted molar refractivity (Wildman–Crippen MR) is 88.0 cm³/mol. The minimum atomic E-state index is -3.59. The summed E-state index contributed by atoms with van der Waals surface area (Å²) in [5.74, 6) is -0.478. The quantitative estimate of drug-likeness (QED) is 0.731. The summed E-state index contributed by atoms with van der Waals surface area (Å²) in [7, 11) is -3.59. The van der Waals surface area contributed by atoms with E-state index in [0.29, 0.717) is 0 Å². The molecule has 7 heteroatoms. The lowest BCUT2D eigenvalue weighted by Crippen LogP contribution is -2.30. The fraction of sp³-hybridized carbons (Fsp3) is 0.188. The first-order chi connectivity index (χ1) is 10.8. The highest BCUT2D eigenvalue weighted by Crippen LogP contribution is 2.22. The molecule has 0 aliphatic carbocycles. The van der Waals surface area contributed by atoms with E-state index >= 15 is 0 Å². The van der Waals surface area contributed by atoms with Crippen LogP contribution in [0.4, 0.5) is 5.69 Å². The Labute approximate surface area is 135 Å². The molecule has 2 aromatic carbocycles. The molecular weight excluding hydrogens is 316 g/mol. The van der Waals surface area contributed by atoms with E-state index in [1.165, 1.54) is 30.3 Å². The van der Waals surface area contributed by atoms with Gasteiger partial charge in [-0.15, -0.1) is 0 Å². The summed E-state index contributed by atoms with van der Waals surface area (Å²) < 4.78 is 26.5. The number of phenolic OH excluding ortho intramolecular Hbond substituents is 1. The molecule has 23 heavy (non-hydrogen) atoms. The number of sulfonamides is 1. The molecule has 3 N–H and O–H groups in total. The van der Waals surface area contributed by atoms with Gasteiger partial charge >= 0.3 is 0 Å². The van der Waals surface area contributed by atoms with Crippen molar-refractivity contribution in [1.29, 1.82) is 0 Å². The fourth-order valence-electron chi connectivity index (χ4n) is 1.94. The molecule has 0 atom stereocenters. The highest BCUT2D eigenvalue weighted by molar-refractivity contribution is 7.89. The summed E-state index contributed by atoms with van der Waals surface area (Å²) in [5, 5.41) is 12.2. The van der Waals surface area contributed by atoms with E-state index < -0.39 is 15.9 Å². The van der Waals surface area contributed by atoms with Gasteiger partial charge in [-0.2, -0.15) is 0 Å². The maximum Gasteiger partial charge on any atom is 0.255 e. The van der Waals surface area contributed by atoms with E-state index in [9.17, 15) is 18.3 Å². The third kappa shape index (κ3) is 4.30. The largest absolute Gasteiger partial charge is 0.506 e. The van der Waals surface area contributed by atoms with Crippen molar-refractivity contribution >= 4 is 21.6 Å². The molecule has 2 aromatic rings. The Hall–Kier alpha value is -2.38. The molecule has 2 rings (SSSR count). The maximum absolute atomic E-state index is 12.1. The van der Waals surface area contributed by atoms with Crippen molar-refractivity contribution in [3.63, 3.8) is 0 Å². The Kier molecular flexibility index (Phi) is 5.02. The van der Waals surface area contributed by atoms with Gasteiger partial charge in [0.2, 0.25) is 10.0 Å². The zero-order valence-electron chi connectivity index (χ0n) is 12.8. The molecule has 0 unspecified atom stereocenters. The molecule has 0 radical (unpaired) electrons. The van der Waals surface area contributed by atoms with Crippen molar-refractivity contribution in [3.8, 4) is 5.75 Å². The van der Waals surface area contributed by atoms with Gasteiger partial charge in [0.1, 0.15) is 5.75 Å². The number of nitrogens with one attached hydrogen (secondary N) is 2. The van der Waals surface area contributed by atoms with Crippen molar-refractivity contribution in [1.82, 2.24) is 4.72 Å². The van der Waals surface area contributed by atoms with Gasteiger partial charge in [-0.3, -0.25) is 4.79 Å². The lowest BCUT2D eigenvalue weighted by Gasteiger charge is -2.10. The van der Waals surface area contributed by atoms with Gasteiger partial charge in [-0.25, -0.2) is 13.1 Å². The average molecular weight is 334 g/mol. The first-order valence-corrected chi connectivity index (χ1v) is 8.49. The summed E-state index contributed by atoms with van der Waals surface area (Å²) in [6.07, 6.45) is 0. The van der Waals surface area contributed by atoms with Crippen LogP contribution < -0.4 is 10.0 Å². The van der Waals surface area contributed by atoms with E-state index in [1.54, 1.807) is 32.0 Å². The van der Waals surface area contributed by atoms with Crippen molar-refractivity contribution in [2.45, 2.75) is 24.8 Å². The monoisotopic (exact) mass is 334 g/mol. The van der Waals surface area contributed by atoms with E-state index in [-0.39, 0.29) is 27.9 Å². The van der Waals surface area contributed by atoms with Crippen molar-refractivity contribution in [2.75, 3.05) is 5.32 Å². The number of amides is 1. The second-order valence-corrected chi connectivity index (χ2v) is 6.99. The number of rotatable bonds is 5. The Morgan fingerprint density at radius 1 is 1.04 bits per heavy atom. The Morgan fingerprint density at radius 2 is 1.65 bits per heavy atom. The van der Waals surface area contributed by atoms with Gasteiger partial charge < -0.3 is 10.4 Å². The Balaban J connectivity index is 2.16. The number of benzene rings is 2. The number of carbonyl (C=O) groups is 1. The lowest BCUT2D eigenvalue weighted by atomic mass is 10.2. The number of aromatic hydroxyl groups is 1. The molecule has 1 amide bonds. The van der Waals surface area contributed by atoms with Crippen LogP contribution in [0.3, 0.4) is 0 Å². The van der Waals surface area contributed by atoms with Crippen LogP contribution in [0, 0.1) is 0 Å². The standard InChI is InChI=1S/C16H18N2O4S/c1-11(2)18-23(21,22)13-9-7-12(8-10-13)16(20)17-14-5-3-4-6-15(14)19/h3-11,18-19H,1-2H3,(H,17,20). The predicted octanol–water partition coefficient (Wildman–Crippen LogP) is 2.33. The van der Waals surface area contributed by atoms with Crippen LogP contribution in [-0.2, 0) is 10.0 Å². The molecule has 0 heterocycles. The van der Waals surface area contributed by atoms with Crippen molar-refractivity contribution in [3.05, 3.63) is 54.1 Å². The second kappa shape index (κ2) is 6.80. The average Bonchev–Trinajstić information content (AvgIpc) is 2.48. The molecule has 0 bridgehead atoms. The Morgan fingerprint density at radius 3 is 2.22 bits per heavy atom. The first-order valence-electron chi connectivity index (χ1n) is 7.01. The van der Waals surface area contributed by atoms with Crippen LogP contribution in [-0.4, -0.2) is 25.5 Å². The number of carbonyl (C=O) groups excluding carboxylic acids is 1. The molecule has 0 aliphatic rings. The fourth-order valence-corrected chi connectivity index (χ4v) is 3.19. The number of hydrogen-bond acceptors (Lipinski definition) is 4. The van der Waals surface area contributed by atoms with E-state index in [0.717, 1.165) is 0 Å². The maximum atomic E-state index is 12.1. The molecule has 122 valence electrons. The van der Waals surface area contributed by atoms with Gasteiger partial charge in [0.05, 0.1) is 10.6 Å². The van der Waals surface area contributed by atoms with Crippen molar-refractivity contribution in [2.24, 2.45) is 0 Å². The van der Waals surface area contributed by atoms with Crippen LogP contribution in [0.2, 0.25) is 0 Å². The van der Waals surface area contributed by atoms with Gasteiger partial charge in [-0.1, -0.05) is 12.1 Å². The van der Waals surface area contributed by atoms with E-state index in [1.807, 2.05) is 0 Å². The zero-order chi connectivity index (χ0) is 17.0. The summed E-state index contributed by atoms with van der Waals surface area (Å²) in [6.45, 7) is 3.46. The molecular formula is C16H18N2O4S. The smallest absolute Gasteiger partial charge is 0.255 e. The highest BCUT2D eigenvalue weighted by atomic mass is 32.2. The molecule has 0 aliphatic heterocycles. The molecule has 0 aromatic heterocycles. The van der Waals surface area contributed by atoms with Crippen LogP contribution in [0.15, 0.2) is 53.4 Å². The second-order valence-electron chi connectivity index (χ2n) is 5.27. The molecule has 6 nitrogen and oxygen atoms in total. The number of para-hydroxylation sites is 2. The minimum Gasteiger partial charge on any atom is -0.506 e. The van der Waals surface area contributed by atoms with E-state index in [4.69, 9.17) is 0 Å². The number of anilines is 1. The van der Waals surface area contributed by atoms with Gasteiger partial charge in [0.25, 0.3) is 5.91 Å². The molecule has 0 saturated carbocycles. The van der Waals surface area contributed by atoms with E-state index in [2.05, 4.69) is 10.0 Å². The highest BCUT2D eigenvalue weighted by Gasteiger charge is 2.16. The van der Waals surface area contributed by atoms with Crippen LogP contribution in [0.1, 0.15) is 24.2 Å². The number of hydrogen-bond donors (Lipinski definition) is 3. The molecule has 0 saturated heterocycles. The third-order valence-electron chi connectivity index (χ3n) is 2.97. The van der Waals surface area contributed by atoms with Gasteiger partial charge in [0.15, 0.2) is 0 Å². The van der Waals surface area contributed by atoms with Crippen LogP contribution in [0.25, 0.3) is 0 Å².